The van der Waals surface area contributed by atoms with Crippen molar-refractivity contribution in [2.75, 3.05) is 6.61 Å². The highest BCUT2D eigenvalue weighted by Gasteiger charge is 2.40. The maximum atomic E-state index is 11.5. The third kappa shape index (κ3) is 5.29. The second-order valence-corrected chi connectivity index (χ2v) is 9.12. The van der Waals surface area contributed by atoms with Gasteiger partial charge in [0.05, 0.1) is 12.4 Å². The van der Waals surface area contributed by atoms with Gasteiger partial charge in [-0.25, -0.2) is 0 Å². The van der Waals surface area contributed by atoms with Gasteiger partial charge in [-0.3, -0.25) is 0 Å². The molecule has 1 aliphatic rings. The smallest absolute Gasteiger partial charge is 0.105 e. The summed E-state index contributed by atoms with van der Waals surface area (Å²) >= 11 is 0. The van der Waals surface area contributed by atoms with Gasteiger partial charge in [-0.2, -0.15) is 0 Å². The number of rotatable bonds is 7. The van der Waals surface area contributed by atoms with E-state index in [-0.39, 0.29) is 5.92 Å². The average Bonchev–Trinajstić information content (AvgIpc) is 2.92. The molecule has 0 bridgehead atoms. The van der Waals surface area contributed by atoms with E-state index in [1.54, 1.807) is 0 Å². The molecule has 0 saturated heterocycles. The molecule has 4 aromatic rings. The van der Waals surface area contributed by atoms with Crippen LogP contribution in [0.4, 0.5) is 0 Å². The number of aliphatic hydroxyl groups excluding tert-OH is 1. The van der Waals surface area contributed by atoms with Gasteiger partial charge in [0, 0.05) is 24.3 Å². The van der Waals surface area contributed by atoms with E-state index in [0.717, 1.165) is 22.3 Å². The molecule has 2 nitrogen and oxygen atoms in total. The van der Waals surface area contributed by atoms with Gasteiger partial charge in [-0.05, 0) is 22.3 Å². The van der Waals surface area contributed by atoms with Crippen molar-refractivity contribution >= 4 is 6.08 Å². The number of allylic oxidation sites excluding steroid dienone is 1. The predicted molar refractivity (Wildman–Crippen MR) is 143 cm³/mol. The van der Waals surface area contributed by atoms with Crippen LogP contribution in [-0.2, 0) is 16.8 Å². The van der Waals surface area contributed by atoms with Crippen molar-refractivity contribution < 1.29 is 9.84 Å². The van der Waals surface area contributed by atoms with Crippen LogP contribution in [0.25, 0.3) is 6.08 Å². The molecule has 0 radical (unpaired) electrons. The van der Waals surface area contributed by atoms with Crippen molar-refractivity contribution in [1.82, 2.24) is 0 Å². The lowest BCUT2D eigenvalue weighted by Gasteiger charge is -2.40. The van der Waals surface area contributed by atoms with E-state index in [9.17, 15) is 5.11 Å². The standard InChI is InChI=1S/C33H30O2/c34-32-24-33(29-19-11-4-12-20-29,23-27-15-7-2-8-16-27)35-25-31(32)30(28-17-9-3-10-18-28)22-21-26-13-5-1-6-14-26/h1-22,30,34H,23-25H2. The number of aliphatic hydroxyl groups is 1. The topological polar surface area (TPSA) is 29.5 Å². The van der Waals surface area contributed by atoms with Crippen LogP contribution in [0.3, 0.4) is 0 Å². The van der Waals surface area contributed by atoms with Crippen molar-refractivity contribution in [3.63, 3.8) is 0 Å². The summed E-state index contributed by atoms with van der Waals surface area (Å²) in [5.41, 5.74) is 4.86. The number of benzene rings is 4. The molecule has 0 saturated carbocycles. The van der Waals surface area contributed by atoms with Gasteiger partial charge in [0.2, 0.25) is 0 Å². The van der Waals surface area contributed by atoms with Crippen LogP contribution in [-0.4, -0.2) is 11.7 Å². The van der Waals surface area contributed by atoms with Crippen LogP contribution in [0.5, 0.6) is 0 Å². The predicted octanol–water partition coefficient (Wildman–Crippen LogP) is 7.85. The third-order valence-corrected chi connectivity index (χ3v) is 6.77. The quantitative estimate of drug-likeness (QED) is 0.305. The Morgan fingerprint density at radius 3 is 1.94 bits per heavy atom. The lowest BCUT2D eigenvalue weighted by atomic mass is 9.79. The van der Waals surface area contributed by atoms with Gasteiger partial charge in [0.1, 0.15) is 5.60 Å². The molecular weight excluding hydrogens is 428 g/mol. The highest BCUT2D eigenvalue weighted by molar-refractivity contribution is 5.53. The molecule has 0 fully saturated rings. The summed E-state index contributed by atoms with van der Waals surface area (Å²) in [7, 11) is 0. The van der Waals surface area contributed by atoms with Gasteiger partial charge in [-0.15, -0.1) is 0 Å². The van der Waals surface area contributed by atoms with Gasteiger partial charge in [0.25, 0.3) is 0 Å². The van der Waals surface area contributed by atoms with Crippen molar-refractivity contribution in [3.05, 3.63) is 161 Å². The zero-order valence-corrected chi connectivity index (χ0v) is 19.8. The van der Waals surface area contributed by atoms with E-state index >= 15 is 0 Å². The Kier molecular flexibility index (Phi) is 6.92. The van der Waals surface area contributed by atoms with Crippen LogP contribution < -0.4 is 0 Å². The van der Waals surface area contributed by atoms with Crippen LogP contribution in [0.2, 0.25) is 0 Å². The van der Waals surface area contributed by atoms with Crippen LogP contribution in [0.1, 0.15) is 34.6 Å². The zero-order chi connectivity index (χ0) is 23.9. The summed E-state index contributed by atoms with van der Waals surface area (Å²) in [5.74, 6) is 0.351. The molecule has 4 aromatic carbocycles. The summed E-state index contributed by atoms with van der Waals surface area (Å²) in [6.07, 6.45) is 5.43. The Bertz CT molecular complexity index is 1280. The van der Waals surface area contributed by atoms with E-state index in [0.29, 0.717) is 25.2 Å². The lowest BCUT2D eigenvalue weighted by molar-refractivity contribution is -0.0607. The highest BCUT2D eigenvalue weighted by Crippen LogP contribution is 2.43. The maximum Gasteiger partial charge on any atom is 0.105 e. The fourth-order valence-corrected chi connectivity index (χ4v) is 4.93. The van der Waals surface area contributed by atoms with Crippen LogP contribution in [0, 0.1) is 0 Å². The SMILES string of the molecule is OC1=C(C(C=Cc2ccccc2)c2ccccc2)COC(Cc2ccccc2)(c2ccccc2)C1. The van der Waals surface area contributed by atoms with E-state index < -0.39 is 5.60 Å². The number of hydrogen-bond donors (Lipinski definition) is 1. The van der Waals surface area contributed by atoms with E-state index in [1.807, 2.05) is 60.7 Å². The number of ether oxygens (including phenoxy) is 1. The summed E-state index contributed by atoms with van der Waals surface area (Å²) < 4.78 is 6.74. The maximum absolute atomic E-state index is 11.5. The Hall–Kier alpha value is -3.88. The summed E-state index contributed by atoms with van der Waals surface area (Å²) in [5, 5.41) is 11.5. The monoisotopic (exact) mass is 458 g/mol. The Balaban J connectivity index is 1.52. The average molecular weight is 459 g/mol. The van der Waals surface area contributed by atoms with Crippen molar-refractivity contribution in [1.29, 1.82) is 0 Å². The van der Waals surface area contributed by atoms with Crippen molar-refractivity contribution in [3.8, 4) is 0 Å². The summed E-state index contributed by atoms with van der Waals surface area (Å²) in [6, 6.07) is 41.3. The minimum atomic E-state index is -0.611. The first-order valence-corrected chi connectivity index (χ1v) is 12.2. The fourth-order valence-electron chi connectivity index (χ4n) is 4.93. The summed E-state index contributed by atoms with van der Waals surface area (Å²) in [6.45, 7) is 0.367. The minimum absolute atomic E-state index is 0.0677. The van der Waals surface area contributed by atoms with Gasteiger partial charge < -0.3 is 9.84 Å². The minimum Gasteiger partial charge on any atom is -0.512 e. The Morgan fingerprint density at radius 1 is 0.743 bits per heavy atom. The first-order chi connectivity index (χ1) is 17.2. The molecule has 1 aliphatic heterocycles. The molecule has 1 N–H and O–H groups in total. The first-order valence-electron chi connectivity index (χ1n) is 12.2. The molecule has 2 atom stereocenters. The fraction of sp³-hybridized carbons (Fsp3) is 0.152. The first kappa shape index (κ1) is 22.9. The third-order valence-electron chi connectivity index (χ3n) is 6.77. The van der Waals surface area contributed by atoms with Gasteiger partial charge >= 0.3 is 0 Å². The second kappa shape index (κ2) is 10.6. The van der Waals surface area contributed by atoms with Crippen molar-refractivity contribution in [2.24, 2.45) is 0 Å². The summed E-state index contributed by atoms with van der Waals surface area (Å²) in [4.78, 5) is 0. The van der Waals surface area contributed by atoms with E-state index in [2.05, 4.69) is 72.8 Å². The molecule has 2 heteroatoms. The normalized spacial score (nSPS) is 19.1. The molecule has 0 amide bonds. The van der Waals surface area contributed by atoms with E-state index in [1.165, 1.54) is 5.56 Å². The Morgan fingerprint density at radius 2 is 1.31 bits per heavy atom. The zero-order valence-electron chi connectivity index (χ0n) is 19.8. The van der Waals surface area contributed by atoms with Crippen molar-refractivity contribution in [2.45, 2.75) is 24.4 Å². The molecular formula is C33H30O2. The molecule has 0 aromatic heterocycles. The van der Waals surface area contributed by atoms with E-state index in [4.69, 9.17) is 4.74 Å². The molecule has 1 heterocycles. The molecule has 2 unspecified atom stereocenters. The largest absolute Gasteiger partial charge is 0.512 e. The van der Waals surface area contributed by atoms with Gasteiger partial charge in [-0.1, -0.05) is 133 Å². The molecule has 0 aliphatic carbocycles. The number of hydrogen-bond acceptors (Lipinski definition) is 2. The highest BCUT2D eigenvalue weighted by atomic mass is 16.5. The second-order valence-electron chi connectivity index (χ2n) is 9.12. The lowest BCUT2D eigenvalue weighted by Crippen LogP contribution is -2.38. The Labute approximate surface area is 207 Å². The van der Waals surface area contributed by atoms with Crippen LogP contribution >= 0.6 is 0 Å². The molecule has 5 rings (SSSR count). The van der Waals surface area contributed by atoms with Gasteiger partial charge in [0.15, 0.2) is 0 Å². The van der Waals surface area contributed by atoms with Crippen LogP contribution in [0.15, 0.2) is 139 Å². The molecule has 35 heavy (non-hydrogen) atoms. The molecule has 0 spiro atoms. The molecule has 174 valence electrons.